The molecule has 0 saturated carbocycles. The normalized spacial score (nSPS) is 13.5. The molecule has 0 heterocycles. The molecule has 0 fully saturated rings. The highest BCUT2D eigenvalue weighted by atomic mass is 32.2. The van der Waals surface area contributed by atoms with Gasteiger partial charge in [-0.15, -0.1) is 16.4 Å². The van der Waals surface area contributed by atoms with Crippen LogP contribution in [0, 0.1) is 0 Å². The van der Waals surface area contributed by atoms with Crippen LogP contribution in [0.25, 0.3) is 0 Å². The monoisotopic (exact) mass is 342 g/mol. The zero-order valence-corrected chi connectivity index (χ0v) is 15.0. The van der Waals surface area contributed by atoms with Crippen LogP contribution in [0.3, 0.4) is 0 Å². The molecule has 0 aromatic carbocycles. The van der Waals surface area contributed by atoms with Crippen molar-refractivity contribution < 1.29 is 23.9 Å². The van der Waals surface area contributed by atoms with Crippen LogP contribution in [-0.2, 0) is 14.1 Å². The highest BCUT2D eigenvalue weighted by Gasteiger charge is 2.17. The summed E-state index contributed by atoms with van der Waals surface area (Å²) >= 11 is 1.50. The van der Waals surface area contributed by atoms with Gasteiger partial charge >= 0.3 is 7.82 Å². The van der Waals surface area contributed by atoms with Crippen molar-refractivity contribution >= 4 is 19.6 Å². The maximum atomic E-state index is 10.4. The van der Waals surface area contributed by atoms with Gasteiger partial charge in [0.2, 0.25) is 0 Å². The highest BCUT2D eigenvalue weighted by molar-refractivity contribution is 7.99. The molecular formula is C14H31O5PS. The summed E-state index contributed by atoms with van der Waals surface area (Å²) in [5.41, 5.74) is -0.365. The van der Waals surface area contributed by atoms with Gasteiger partial charge in [-0.1, -0.05) is 64.7 Å². The first-order valence-electron chi connectivity index (χ1n) is 7.98. The molecule has 0 aromatic heterocycles. The van der Waals surface area contributed by atoms with Crippen molar-refractivity contribution in [3.8, 4) is 0 Å². The third kappa shape index (κ3) is 18.4. The summed E-state index contributed by atoms with van der Waals surface area (Å²) in [6.07, 6.45) is 13.0. The Balaban J connectivity index is 3.19. The number of phosphoric acid groups is 1. The van der Waals surface area contributed by atoms with Crippen LogP contribution >= 0.6 is 19.6 Å². The number of thioether (sulfide) groups is 1. The molecule has 1 atom stereocenters. The Kier molecular flexibility index (Phi) is 14.3. The first-order chi connectivity index (χ1) is 9.95. The number of unbranched alkanes of at least 4 members (excludes halogenated alkanes) is 9. The topological polar surface area (TPSA) is 76.0 Å². The Bertz CT molecular complexity index is 272. The molecule has 0 aliphatic carbocycles. The molecule has 128 valence electrons. The van der Waals surface area contributed by atoms with Crippen molar-refractivity contribution in [3.05, 3.63) is 0 Å². The van der Waals surface area contributed by atoms with Gasteiger partial charge in [-0.3, -0.25) is 0 Å². The Morgan fingerprint density at radius 2 is 1.43 bits per heavy atom. The molecule has 0 spiro atoms. The van der Waals surface area contributed by atoms with Crippen LogP contribution in [0.15, 0.2) is 0 Å². The van der Waals surface area contributed by atoms with E-state index < -0.39 is 7.82 Å². The maximum absolute atomic E-state index is 10.4. The van der Waals surface area contributed by atoms with Crippen LogP contribution in [0.1, 0.15) is 78.1 Å². The molecule has 0 amide bonds. The van der Waals surface area contributed by atoms with Gasteiger partial charge in [-0.2, -0.15) is 0 Å². The molecular weight excluding hydrogens is 311 g/mol. The van der Waals surface area contributed by atoms with E-state index in [9.17, 15) is 4.57 Å². The molecule has 1 unspecified atom stereocenters. The van der Waals surface area contributed by atoms with Crippen molar-refractivity contribution in [2.24, 2.45) is 0 Å². The first-order valence-corrected chi connectivity index (χ1v) is 10.6. The van der Waals surface area contributed by atoms with Gasteiger partial charge in [0.25, 0.3) is 0 Å². The van der Waals surface area contributed by atoms with Crippen molar-refractivity contribution in [1.82, 2.24) is 0 Å². The smallest absolute Gasteiger partial charge is 0.301 e. The van der Waals surface area contributed by atoms with E-state index in [0.29, 0.717) is 0 Å². The van der Waals surface area contributed by atoms with Gasteiger partial charge in [-0.05, 0) is 19.1 Å². The van der Waals surface area contributed by atoms with Crippen molar-refractivity contribution in [3.63, 3.8) is 0 Å². The molecule has 7 heteroatoms. The minimum absolute atomic E-state index is 0.365. The fourth-order valence-electron chi connectivity index (χ4n) is 1.98. The molecule has 0 radical (unpaired) electrons. The lowest BCUT2D eigenvalue weighted by molar-refractivity contribution is -0.229. The second-order valence-corrected chi connectivity index (χ2v) is 7.82. The van der Waals surface area contributed by atoms with E-state index in [1.165, 1.54) is 69.5 Å². The summed E-state index contributed by atoms with van der Waals surface area (Å²) in [6, 6.07) is 0. The van der Waals surface area contributed by atoms with E-state index in [-0.39, 0.29) is 5.44 Å². The van der Waals surface area contributed by atoms with Crippen LogP contribution in [0.2, 0.25) is 0 Å². The fraction of sp³-hybridized carbons (Fsp3) is 1.00. The minimum atomic E-state index is -4.52. The minimum Gasteiger partial charge on any atom is -0.301 e. The Labute approximate surface area is 133 Å². The van der Waals surface area contributed by atoms with E-state index in [1.807, 2.05) is 0 Å². The summed E-state index contributed by atoms with van der Waals surface area (Å²) < 4.78 is 14.4. The van der Waals surface area contributed by atoms with Crippen LogP contribution in [0.4, 0.5) is 0 Å². The molecule has 5 nitrogen and oxygen atoms in total. The summed E-state index contributed by atoms with van der Waals surface area (Å²) in [7, 11) is -4.52. The lowest BCUT2D eigenvalue weighted by Gasteiger charge is -2.11. The van der Waals surface area contributed by atoms with Gasteiger partial charge in [0, 0.05) is 0 Å². The summed E-state index contributed by atoms with van der Waals surface area (Å²) in [5.74, 6) is 0.919. The molecule has 21 heavy (non-hydrogen) atoms. The van der Waals surface area contributed by atoms with E-state index in [4.69, 9.17) is 9.79 Å². The van der Waals surface area contributed by atoms with Gasteiger partial charge in [0.1, 0.15) is 5.44 Å². The molecule has 0 aliphatic heterocycles. The SMILES string of the molecule is CCCCCCCCCCCCSC(C)OOP(=O)(O)O. The molecule has 2 N–H and O–H groups in total. The van der Waals surface area contributed by atoms with E-state index in [1.54, 1.807) is 6.92 Å². The second-order valence-electron chi connectivity index (χ2n) is 5.28. The predicted octanol–water partition coefficient (Wildman–Crippen LogP) is 5.03. The van der Waals surface area contributed by atoms with Gasteiger partial charge in [-0.25, -0.2) is 9.45 Å². The Morgan fingerprint density at radius 3 is 1.90 bits per heavy atom. The van der Waals surface area contributed by atoms with Gasteiger partial charge in [0.15, 0.2) is 0 Å². The van der Waals surface area contributed by atoms with Crippen LogP contribution in [0.5, 0.6) is 0 Å². The lowest BCUT2D eigenvalue weighted by atomic mass is 10.1. The zero-order valence-electron chi connectivity index (χ0n) is 13.3. The van der Waals surface area contributed by atoms with Crippen LogP contribution in [-0.4, -0.2) is 21.0 Å². The number of rotatable bonds is 15. The van der Waals surface area contributed by atoms with E-state index in [2.05, 4.69) is 16.5 Å². The molecule has 0 aliphatic rings. The highest BCUT2D eigenvalue weighted by Crippen LogP contribution is 2.37. The van der Waals surface area contributed by atoms with Crippen molar-refractivity contribution in [2.75, 3.05) is 5.75 Å². The number of hydrogen-bond acceptors (Lipinski definition) is 4. The lowest BCUT2D eigenvalue weighted by Crippen LogP contribution is -2.04. The average Bonchev–Trinajstić information content (AvgIpc) is 2.42. The molecule has 0 rings (SSSR count). The first kappa shape index (κ1) is 21.4. The van der Waals surface area contributed by atoms with Crippen molar-refractivity contribution in [2.45, 2.75) is 83.5 Å². The summed E-state index contributed by atoms with van der Waals surface area (Å²) in [4.78, 5) is 21.6. The Hall–Kier alpha value is 0.420. The molecule has 0 bridgehead atoms. The largest absolute Gasteiger partial charge is 0.496 e. The second kappa shape index (κ2) is 14.0. The van der Waals surface area contributed by atoms with Gasteiger partial charge < -0.3 is 9.79 Å². The maximum Gasteiger partial charge on any atom is 0.496 e. The third-order valence-electron chi connectivity index (χ3n) is 3.13. The predicted molar refractivity (Wildman–Crippen MR) is 88.0 cm³/mol. The quantitative estimate of drug-likeness (QED) is 0.143. The van der Waals surface area contributed by atoms with Crippen LogP contribution < -0.4 is 0 Å². The van der Waals surface area contributed by atoms with E-state index >= 15 is 0 Å². The zero-order chi connectivity index (χ0) is 16.0. The van der Waals surface area contributed by atoms with Gasteiger partial charge in [0.05, 0.1) is 0 Å². The average molecular weight is 342 g/mol. The molecule has 0 saturated heterocycles. The number of hydrogen-bond donors (Lipinski definition) is 2. The third-order valence-corrected chi connectivity index (χ3v) is 4.48. The van der Waals surface area contributed by atoms with Crippen molar-refractivity contribution in [1.29, 1.82) is 0 Å². The Morgan fingerprint density at radius 1 is 0.952 bits per heavy atom. The standard InChI is InChI=1S/C14H31O5PS/c1-3-4-5-6-7-8-9-10-11-12-13-21-14(2)18-19-20(15,16)17/h14H,3-13H2,1-2H3,(H2,15,16,17). The van der Waals surface area contributed by atoms with E-state index in [0.717, 1.165) is 12.2 Å². The fourth-order valence-corrected chi connectivity index (χ4v) is 3.08. The summed E-state index contributed by atoms with van der Waals surface area (Å²) in [5, 5.41) is 0. The molecule has 0 aromatic rings. The summed E-state index contributed by atoms with van der Waals surface area (Å²) in [6.45, 7) is 3.96.